The number of nitrogens with one attached hydrogen (secondary N) is 1. The minimum absolute atomic E-state index is 0.0303. The molecule has 0 saturated carbocycles. The molecule has 102 valence electrons. The lowest BCUT2D eigenvalue weighted by Gasteiger charge is -2.17. The molecule has 1 heterocycles. The number of thiophene rings is 1. The fraction of sp³-hybridized carbons (Fsp3) is 0.200. The second-order valence-electron chi connectivity index (χ2n) is 4.37. The summed E-state index contributed by atoms with van der Waals surface area (Å²) in [5.74, 6) is 0.0303. The second-order valence-corrected chi connectivity index (χ2v) is 5.40. The summed E-state index contributed by atoms with van der Waals surface area (Å²) in [5, 5.41) is 13.8. The van der Waals surface area contributed by atoms with E-state index >= 15 is 0 Å². The number of carbonyl (C=O) groups is 1. The third kappa shape index (κ3) is 3.84. The first-order valence-electron chi connectivity index (χ1n) is 6.19. The van der Waals surface area contributed by atoms with Crippen molar-refractivity contribution in [3.63, 3.8) is 0 Å². The van der Waals surface area contributed by atoms with Gasteiger partial charge in [0, 0.05) is 17.6 Å². The Labute approximate surface area is 122 Å². The highest BCUT2D eigenvalue weighted by Gasteiger charge is 2.09. The van der Waals surface area contributed by atoms with Crippen molar-refractivity contribution in [2.75, 3.05) is 18.9 Å². The minimum Gasteiger partial charge on any atom is -0.376 e. The maximum absolute atomic E-state index is 12.0. The number of rotatable bonds is 5. The van der Waals surface area contributed by atoms with Gasteiger partial charge in [0.05, 0.1) is 24.7 Å². The Morgan fingerprint density at radius 3 is 2.70 bits per heavy atom. The molecule has 2 aromatic rings. The Balaban J connectivity index is 1.83. The molecule has 5 heteroatoms. The lowest BCUT2D eigenvalue weighted by Crippen LogP contribution is -2.31. The zero-order valence-corrected chi connectivity index (χ0v) is 12.0. The molecule has 0 spiro atoms. The fourth-order valence-electron chi connectivity index (χ4n) is 1.70. The molecule has 0 bridgehead atoms. The summed E-state index contributed by atoms with van der Waals surface area (Å²) >= 11 is 1.64. The van der Waals surface area contributed by atoms with Gasteiger partial charge < -0.3 is 10.2 Å². The first kappa shape index (κ1) is 14.1. The van der Waals surface area contributed by atoms with Crippen LogP contribution in [0.25, 0.3) is 0 Å². The van der Waals surface area contributed by atoms with Gasteiger partial charge in [-0.15, -0.1) is 11.3 Å². The highest BCUT2D eigenvalue weighted by molar-refractivity contribution is 7.09. The van der Waals surface area contributed by atoms with Crippen LogP contribution in [0.15, 0.2) is 41.8 Å². The molecule has 0 saturated heterocycles. The zero-order chi connectivity index (χ0) is 14.4. The van der Waals surface area contributed by atoms with Gasteiger partial charge in [0.25, 0.3) is 0 Å². The van der Waals surface area contributed by atoms with Crippen LogP contribution in [0.1, 0.15) is 10.4 Å². The number of nitriles is 1. The van der Waals surface area contributed by atoms with Gasteiger partial charge in [-0.05, 0) is 35.7 Å². The van der Waals surface area contributed by atoms with Crippen LogP contribution in [0.5, 0.6) is 0 Å². The molecule has 20 heavy (non-hydrogen) atoms. The van der Waals surface area contributed by atoms with Crippen LogP contribution in [0, 0.1) is 11.3 Å². The highest BCUT2D eigenvalue weighted by Crippen LogP contribution is 2.11. The Hall–Kier alpha value is -2.32. The van der Waals surface area contributed by atoms with Crippen molar-refractivity contribution in [1.82, 2.24) is 4.90 Å². The summed E-state index contributed by atoms with van der Waals surface area (Å²) in [4.78, 5) is 14.8. The molecule has 0 radical (unpaired) electrons. The Morgan fingerprint density at radius 1 is 1.35 bits per heavy atom. The topological polar surface area (TPSA) is 56.1 Å². The van der Waals surface area contributed by atoms with Crippen molar-refractivity contribution >= 4 is 22.9 Å². The van der Waals surface area contributed by atoms with Crippen molar-refractivity contribution < 1.29 is 4.79 Å². The van der Waals surface area contributed by atoms with Crippen LogP contribution in [0.2, 0.25) is 0 Å². The number of anilines is 1. The summed E-state index contributed by atoms with van der Waals surface area (Å²) < 4.78 is 0. The van der Waals surface area contributed by atoms with Gasteiger partial charge in [0.1, 0.15) is 0 Å². The molecule has 0 aliphatic heterocycles. The first-order chi connectivity index (χ1) is 9.69. The number of hydrogen-bond acceptors (Lipinski definition) is 4. The number of benzene rings is 1. The molecule has 1 amide bonds. The van der Waals surface area contributed by atoms with Crippen LogP contribution in [-0.2, 0) is 11.3 Å². The third-order valence-corrected chi connectivity index (χ3v) is 3.72. The molecule has 0 fully saturated rings. The van der Waals surface area contributed by atoms with Gasteiger partial charge in [-0.2, -0.15) is 5.26 Å². The average molecular weight is 285 g/mol. The van der Waals surface area contributed by atoms with E-state index in [1.54, 1.807) is 47.5 Å². The maximum atomic E-state index is 12.0. The normalized spacial score (nSPS) is 9.80. The fourth-order valence-corrected chi connectivity index (χ4v) is 2.46. The quantitative estimate of drug-likeness (QED) is 0.919. The van der Waals surface area contributed by atoms with Crippen LogP contribution < -0.4 is 5.32 Å². The number of nitrogens with zero attached hydrogens (tertiary/aromatic N) is 2. The van der Waals surface area contributed by atoms with E-state index in [0.717, 1.165) is 5.69 Å². The van der Waals surface area contributed by atoms with Crippen molar-refractivity contribution in [2.24, 2.45) is 0 Å². The summed E-state index contributed by atoms with van der Waals surface area (Å²) in [6.45, 7) is 0.874. The maximum Gasteiger partial charge on any atom is 0.241 e. The molecule has 2 rings (SSSR count). The zero-order valence-electron chi connectivity index (χ0n) is 11.2. The number of carbonyl (C=O) groups excluding carboxylic acids is 1. The monoisotopic (exact) mass is 285 g/mol. The lowest BCUT2D eigenvalue weighted by molar-refractivity contribution is -0.128. The van der Waals surface area contributed by atoms with E-state index in [-0.39, 0.29) is 12.5 Å². The van der Waals surface area contributed by atoms with E-state index in [1.165, 1.54) is 4.88 Å². The number of amides is 1. The molecule has 0 unspecified atom stereocenters. The smallest absolute Gasteiger partial charge is 0.241 e. The molecule has 1 aromatic carbocycles. The van der Waals surface area contributed by atoms with Crippen LogP contribution in [0.3, 0.4) is 0 Å². The van der Waals surface area contributed by atoms with Crippen LogP contribution in [0.4, 0.5) is 5.69 Å². The van der Waals surface area contributed by atoms with E-state index in [0.29, 0.717) is 12.1 Å². The van der Waals surface area contributed by atoms with Crippen LogP contribution >= 0.6 is 11.3 Å². The van der Waals surface area contributed by atoms with Gasteiger partial charge in [-0.3, -0.25) is 4.79 Å². The highest BCUT2D eigenvalue weighted by atomic mass is 32.1. The third-order valence-electron chi connectivity index (χ3n) is 2.86. The Kier molecular flexibility index (Phi) is 4.75. The summed E-state index contributed by atoms with van der Waals surface area (Å²) in [5.41, 5.74) is 1.44. The SMILES string of the molecule is CN(Cc1cccs1)C(=O)CNc1ccc(C#N)cc1. The molecule has 4 nitrogen and oxygen atoms in total. The van der Waals surface area contributed by atoms with Crippen molar-refractivity contribution in [3.8, 4) is 6.07 Å². The van der Waals surface area contributed by atoms with Crippen molar-refractivity contribution in [3.05, 3.63) is 52.2 Å². The lowest BCUT2D eigenvalue weighted by atomic mass is 10.2. The van der Waals surface area contributed by atoms with Gasteiger partial charge in [0.2, 0.25) is 5.91 Å². The Morgan fingerprint density at radius 2 is 2.10 bits per heavy atom. The Bertz CT molecular complexity index is 599. The minimum atomic E-state index is 0.0303. The summed E-state index contributed by atoms with van der Waals surface area (Å²) in [7, 11) is 1.79. The summed E-state index contributed by atoms with van der Waals surface area (Å²) in [6, 6.07) is 13.1. The van der Waals surface area contributed by atoms with Gasteiger partial charge in [0.15, 0.2) is 0 Å². The van der Waals surface area contributed by atoms with Gasteiger partial charge in [-0.1, -0.05) is 6.07 Å². The molecular formula is C15H15N3OS. The predicted molar refractivity (Wildman–Crippen MR) is 80.4 cm³/mol. The molecule has 0 atom stereocenters. The van der Waals surface area contributed by atoms with Gasteiger partial charge in [-0.25, -0.2) is 0 Å². The molecule has 1 N–H and O–H groups in total. The molecule has 1 aromatic heterocycles. The molecule has 0 aliphatic carbocycles. The largest absolute Gasteiger partial charge is 0.376 e. The van der Waals surface area contributed by atoms with E-state index in [4.69, 9.17) is 5.26 Å². The van der Waals surface area contributed by atoms with E-state index in [9.17, 15) is 4.79 Å². The van der Waals surface area contributed by atoms with E-state index in [1.807, 2.05) is 17.5 Å². The van der Waals surface area contributed by atoms with Crippen LogP contribution in [-0.4, -0.2) is 24.4 Å². The van der Waals surface area contributed by atoms with Gasteiger partial charge >= 0.3 is 0 Å². The van der Waals surface area contributed by atoms with Crippen molar-refractivity contribution in [1.29, 1.82) is 5.26 Å². The second kappa shape index (κ2) is 6.73. The number of hydrogen-bond donors (Lipinski definition) is 1. The van der Waals surface area contributed by atoms with Crippen molar-refractivity contribution in [2.45, 2.75) is 6.54 Å². The molecular weight excluding hydrogens is 270 g/mol. The number of likely N-dealkylation sites (N-methyl/N-ethyl adjacent to an activating group) is 1. The molecule has 0 aliphatic rings. The first-order valence-corrected chi connectivity index (χ1v) is 7.07. The van der Waals surface area contributed by atoms with E-state index < -0.39 is 0 Å². The standard InChI is InChI=1S/C15H15N3OS/c1-18(11-14-3-2-8-20-14)15(19)10-17-13-6-4-12(9-16)5-7-13/h2-8,17H,10-11H2,1H3. The van der Waals surface area contributed by atoms with E-state index in [2.05, 4.69) is 11.4 Å². The average Bonchev–Trinajstić information content (AvgIpc) is 2.98. The predicted octanol–water partition coefficient (Wildman–Crippen LogP) is 2.69. The summed E-state index contributed by atoms with van der Waals surface area (Å²) in [6.07, 6.45) is 0.